The second-order valence-corrected chi connectivity index (χ2v) is 5.10. The van der Waals surface area contributed by atoms with Gasteiger partial charge in [0.25, 0.3) is 0 Å². The highest BCUT2D eigenvalue weighted by molar-refractivity contribution is 7.23. The summed E-state index contributed by atoms with van der Waals surface area (Å²) in [5, 5.41) is 0.850. The fourth-order valence-electron chi connectivity index (χ4n) is 1.99. The molecule has 2 heterocycles. The SMILES string of the molecule is C=CCc1nc(CC=C)c2sc(N)c(CC)c2n1. The van der Waals surface area contributed by atoms with Crippen LogP contribution in [0.25, 0.3) is 10.2 Å². The van der Waals surface area contributed by atoms with Crippen LogP contribution in [-0.4, -0.2) is 9.97 Å². The van der Waals surface area contributed by atoms with Gasteiger partial charge in [-0.3, -0.25) is 0 Å². The number of nitrogens with two attached hydrogens (primary N) is 1. The number of nitrogen functional groups attached to an aromatic ring is 1. The van der Waals surface area contributed by atoms with Gasteiger partial charge in [0.15, 0.2) is 0 Å². The summed E-state index contributed by atoms with van der Waals surface area (Å²) < 4.78 is 1.09. The quantitative estimate of drug-likeness (QED) is 0.838. The Labute approximate surface area is 111 Å². The molecule has 0 radical (unpaired) electrons. The largest absolute Gasteiger partial charge is 0.390 e. The van der Waals surface area contributed by atoms with Crippen LogP contribution in [0.4, 0.5) is 5.00 Å². The average molecular weight is 259 g/mol. The van der Waals surface area contributed by atoms with Gasteiger partial charge in [-0.25, -0.2) is 9.97 Å². The van der Waals surface area contributed by atoms with Gasteiger partial charge in [0.05, 0.1) is 20.9 Å². The van der Waals surface area contributed by atoms with E-state index in [9.17, 15) is 0 Å². The molecule has 2 aromatic heterocycles. The molecule has 0 aliphatic carbocycles. The number of anilines is 1. The van der Waals surface area contributed by atoms with E-state index in [1.165, 1.54) is 0 Å². The minimum atomic E-state index is 0.680. The number of hydrogen-bond acceptors (Lipinski definition) is 4. The first-order valence-corrected chi connectivity index (χ1v) is 6.81. The van der Waals surface area contributed by atoms with Crippen LogP contribution in [0.2, 0.25) is 0 Å². The summed E-state index contributed by atoms with van der Waals surface area (Å²) in [5.41, 5.74) is 9.21. The first-order valence-electron chi connectivity index (χ1n) is 5.99. The molecule has 94 valence electrons. The summed E-state index contributed by atoms with van der Waals surface area (Å²) in [5.74, 6) is 0.807. The second kappa shape index (κ2) is 5.31. The highest BCUT2D eigenvalue weighted by Gasteiger charge is 2.14. The van der Waals surface area contributed by atoms with E-state index >= 15 is 0 Å². The predicted molar refractivity (Wildman–Crippen MR) is 79.0 cm³/mol. The molecular formula is C14H17N3S. The molecule has 0 aliphatic heterocycles. The molecule has 0 amide bonds. The van der Waals surface area contributed by atoms with Crippen LogP contribution in [0.1, 0.15) is 24.0 Å². The number of thiophene rings is 1. The highest BCUT2D eigenvalue weighted by atomic mass is 32.1. The van der Waals surface area contributed by atoms with Crippen molar-refractivity contribution in [1.29, 1.82) is 0 Å². The lowest BCUT2D eigenvalue weighted by Gasteiger charge is -2.03. The number of hydrogen-bond donors (Lipinski definition) is 1. The van der Waals surface area contributed by atoms with E-state index in [-0.39, 0.29) is 0 Å². The van der Waals surface area contributed by atoms with Gasteiger partial charge in [-0.2, -0.15) is 0 Å². The Bertz CT molecular complexity index is 599. The first-order chi connectivity index (χ1) is 8.71. The van der Waals surface area contributed by atoms with Crippen molar-refractivity contribution in [3.63, 3.8) is 0 Å². The minimum Gasteiger partial charge on any atom is -0.390 e. The topological polar surface area (TPSA) is 51.8 Å². The molecule has 0 aliphatic rings. The normalized spacial score (nSPS) is 10.7. The van der Waals surface area contributed by atoms with Crippen molar-refractivity contribution in [1.82, 2.24) is 9.97 Å². The van der Waals surface area contributed by atoms with E-state index in [4.69, 9.17) is 5.73 Å². The van der Waals surface area contributed by atoms with Crippen molar-refractivity contribution < 1.29 is 0 Å². The molecule has 0 fully saturated rings. The molecule has 0 atom stereocenters. The average Bonchev–Trinajstić information content (AvgIpc) is 2.66. The number of aromatic nitrogens is 2. The summed E-state index contributed by atoms with van der Waals surface area (Å²) in [7, 11) is 0. The number of rotatable bonds is 5. The van der Waals surface area contributed by atoms with Gasteiger partial charge in [0.2, 0.25) is 0 Å². The van der Waals surface area contributed by atoms with Gasteiger partial charge in [0, 0.05) is 18.4 Å². The Kier molecular flexibility index (Phi) is 3.77. The monoisotopic (exact) mass is 259 g/mol. The van der Waals surface area contributed by atoms with Gasteiger partial charge >= 0.3 is 0 Å². The number of nitrogens with zero attached hydrogens (tertiary/aromatic N) is 2. The van der Waals surface area contributed by atoms with Crippen molar-refractivity contribution in [2.75, 3.05) is 5.73 Å². The predicted octanol–water partition coefficient (Wildman–Crippen LogP) is 3.29. The Hall–Kier alpha value is -1.68. The van der Waals surface area contributed by atoms with Gasteiger partial charge in [0.1, 0.15) is 5.82 Å². The summed E-state index contributed by atoms with van der Waals surface area (Å²) in [4.78, 5) is 9.18. The van der Waals surface area contributed by atoms with Crippen LogP contribution >= 0.6 is 11.3 Å². The third-order valence-electron chi connectivity index (χ3n) is 2.80. The van der Waals surface area contributed by atoms with Crippen molar-refractivity contribution in [3.05, 3.63) is 42.4 Å². The van der Waals surface area contributed by atoms with Gasteiger partial charge in [-0.05, 0) is 6.42 Å². The Morgan fingerprint density at radius 3 is 2.56 bits per heavy atom. The molecular weight excluding hydrogens is 242 g/mol. The van der Waals surface area contributed by atoms with E-state index in [1.807, 2.05) is 12.2 Å². The van der Waals surface area contributed by atoms with Crippen LogP contribution in [0.3, 0.4) is 0 Å². The molecule has 0 saturated carbocycles. The molecule has 2 rings (SSSR count). The Morgan fingerprint density at radius 1 is 1.22 bits per heavy atom. The number of allylic oxidation sites excluding steroid dienone is 2. The molecule has 3 nitrogen and oxygen atoms in total. The fraction of sp³-hybridized carbons (Fsp3) is 0.286. The van der Waals surface area contributed by atoms with E-state index in [1.54, 1.807) is 11.3 Å². The third kappa shape index (κ3) is 2.16. The van der Waals surface area contributed by atoms with Gasteiger partial charge < -0.3 is 5.73 Å². The summed E-state index contributed by atoms with van der Waals surface area (Å²) >= 11 is 1.58. The first kappa shape index (κ1) is 12.8. The van der Waals surface area contributed by atoms with Crippen LogP contribution in [0, 0.1) is 0 Å². The second-order valence-electron chi connectivity index (χ2n) is 4.05. The lowest BCUT2D eigenvalue weighted by Crippen LogP contribution is -1.99. The number of fused-ring (bicyclic) bond motifs is 1. The van der Waals surface area contributed by atoms with Gasteiger partial charge in [-0.1, -0.05) is 19.1 Å². The van der Waals surface area contributed by atoms with E-state index in [0.717, 1.165) is 45.1 Å². The van der Waals surface area contributed by atoms with E-state index in [0.29, 0.717) is 6.42 Å². The molecule has 0 saturated heterocycles. The molecule has 2 N–H and O–H groups in total. The lowest BCUT2D eigenvalue weighted by molar-refractivity contribution is 0.969. The smallest absolute Gasteiger partial charge is 0.133 e. The molecule has 0 aromatic carbocycles. The minimum absolute atomic E-state index is 0.680. The Morgan fingerprint density at radius 2 is 1.94 bits per heavy atom. The van der Waals surface area contributed by atoms with Gasteiger partial charge in [-0.15, -0.1) is 24.5 Å². The standard InChI is InChI=1S/C14H17N3S/c1-4-7-10-13-12(9(6-3)14(15)18-13)17-11(16-10)8-5-2/h4-5H,1-2,6-8,15H2,3H3. The maximum absolute atomic E-state index is 6.06. The van der Waals surface area contributed by atoms with Crippen molar-refractivity contribution >= 4 is 26.6 Å². The maximum atomic E-state index is 6.06. The zero-order valence-corrected chi connectivity index (χ0v) is 11.4. The molecule has 2 aromatic rings. The molecule has 0 spiro atoms. The van der Waals surface area contributed by atoms with Crippen LogP contribution in [-0.2, 0) is 19.3 Å². The van der Waals surface area contributed by atoms with Crippen LogP contribution < -0.4 is 5.73 Å². The zero-order chi connectivity index (χ0) is 13.1. The summed E-state index contributed by atoms with van der Waals surface area (Å²) in [6.07, 6.45) is 6.00. The fourth-order valence-corrected chi connectivity index (χ4v) is 3.08. The summed E-state index contributed by atoms with van der Waals surface area (Å²) in [6.45, 7) is 9.62. The van der Waals surface area contributed by atoms with Crippen LogP contribution in [0.15, 0.2) is 25.3 Å². The number of aryl methyl sites for hydroxylation is 1. The molecule has 0 unspecified atom stereocenters. The summed E-state index contributed by atoms with van der Waals surface area (Å²) in [6, 6.07) is 0. The van der Waals surface area contributed by atoms with E-state index in [2.05, 4.69) is 30.0 Å². The van der Waals surface area contributed by atoms with Crippen molar-refractivity contribution in [3.8, 4) is 0 Å². The molecule has 18 heavy (non-hydrogen) atoms. The van der Waals surface area contributed by atoms with Crippen LogP contribution in [0.5, 0.6) is 0 Å². The highest BCUT2D eigenvalue weighted by Crippen LogP contribution is 2.34. The van der Waals surface area contributed by atoms with Crippen molar-refractivity contribution in [2.45, 2.75) is 26.2 Å². The molecule has 0 bridgehead atoms. The van der Waals surface area contributed by atoms with E-state index < -0.39 is 0 Å². The molecule has 4 heteroatoms. The zero-order valence-electron chi connectivity index (χ0n) is 10.6. The third-order valence-corrected chi connectivity index (χ3v) is 3.89. The van der Waals surface area contributed by atoms with Crippen molar-refractivity contribution in [2.24, 2.45) is 0 Å². The lowest BCUT2D eigenvalue weighted by atomic mass is 10.1. The Balaban J connectivity index is 2.71. The maximum Gasteiger partial charge on any atom is 0.133 e.